The number of carbonyl (C=O) groups is 3. The Hall–Kier alpha value is -1.44. The monoisotopic (exact) mass is 341 g/mol. The number of amides is 3. The summed E-state index contributed by atoms with van der Waals surface area (Å²) >= 11 is 1.70. The molecule has 0 aromatic carbocycles. The van der Waals surface area contributed by atoms with Crippen LogP contribution in [0.25, 0.3) is 0 Å². The molecule has 0 bridgehead atoms. The normalized spacial score (nSPS) is 30.6. The maximum Gasteiger partial charge on any atom is 0.409 e. The van der Waals surface area contributed by atoms with Gasteiger partial charge in [-0.05, 0) is 20.3 Å². The summed E-state index contributed by atoms with van der Waals surface area (Å²) in [5.41, 5.74) is 0. The van der Waals surface area contributed by atoms with Gasteiger partial charge in [-0.3, -0.25) is 9.59 Å². The molecule has 0 aliphatic carbocycles. The molecular weight excluding hydrogens is 318 g/mol. The zero-order valence-corrected chi connectivity index (χ0v) is 14.4. The molecule has 0 aromatic rings. The molecule has 0 aromatic heterocycles. The minimum Gasteiger partial charge on any atom is -0.450 e. The molecule has 2 atom stereocenters. The minimum absolute atomic E-state index is 0.0139. The van der Waals surface area contributed by atoms with Crippen molar-refractivity contribution in [1.82, 2.24) is 14.7 Å². The van der Waals surface area contributed by atoms with E-state index in [0.29, 0.717) is 45.0 Å². The van der Waals surface area contributed by atoms with Gasteiger partial charge in [0, 0.05) is 38.4 Å². The van der Waals surface area contributed by atoms with E-state index in [-0.39, 0.29) is 28.8 Å². The minimum atomic E-state index is -0.353. The number of rotatable bonds is 2. The Morgan fingerprint density at radius 2 is 1.91 bits per heavy atom. The third-order valence-corrected chi connectivity index (χ3v) is 6.35. The van der Waals surface area contributed by atoms with Crippen LogP contribution in [0, 0.1) is 0 Å². The third-order valence-electron chi connectivity index (χ3n) is 4.85. The van der Waals surface area contributed by atoms with Crippen molar-refractivity contribution in [2.24, 2.45) is 0 Å². The second-order valence-electron chi connectivity index (χ2n) is 6.28. The molecule has 3 heterocycles. The standard InChI is InChI=1S/C15H23N3O4S/c1-3-22-14(21)17-8-6-16(7-9-17)13(20)11-10-23-15(2)5-4-12(19)18(11)15/h11H,3-10H2,1-2H3/t11-,15-/m1/s1. The van der Waals surface area contributed by atoms with Crippen molar-refractivity contribution < 1.29 is 19.1 Å². The van der Waals surface area contributed by atoms with Crippen LogP contribution in [0.1, 0.15) is 26.7 Å². The number of thioether (sulfide) groups is 1. The molecule has 7 nitrogen and oxygen atoms in total. The average molecular weight is 341 g/mol. The van der Waals surface area contributed by atoms with Gasteiger partial charge in [0.2, 0.25) is 11.8 Å². The zero-order valence-electron chi connectivity index (χ0n) is 13.6. The summed E-state index contributed by atoms with van der Waals surface area (Å²) in [6.07, 6.45) is 1.03. The molecule has 0 unspecified atom stereocenters. The Labute approximate surface area is 140 Å². The number of nitrogens with zero attached hydrogens (tertiary/aromatic N) is 3. The Balaban J connectivity index is 1.60. The van der Waals surface area contributed by atoms with Crippen molar-refractivity contribution in [3.8, 4) is 0 Å². The summed E-state index contributed by atoms with van der Waals surface area (Å²) in [5.74, 6) is 0.764. The van der Waals surface area contributed by atoms with Crippen molar-refractivity contribution in [2.75, 3.05) is 38.5 Å². The Morgan fingerprint density at radius 3 is 2.57 bits per heavy atom. The number of hydrogen-bond donors (Lipinski definition) is 0. The summed E-state index contributed by atoms with van der Waals surface area (Å²) in [5, 5.41) is 0. The first-order valence-electron chi connectivity index (χ1n) is 8.13. The fraction of sp³-hybridized carbons (Fsp3) is 0.800. The predicted octanol–water partition coefficient (Wildman–Crippen LogP) is 0.741. The first-order valence-corrected chi connectivity index (χ1v) is 9.11. The highest BCUT2D eigenvalue weighted by Crippen LogP contribution is 2.47. The summed E-state index contributed by atoms with van der Waals surface area (Å²) in [6, 6.07) is -0.353. The smallest absolute Gasteiger partial charge is 0.409 e. The molecule has 3 amide bonds. The summed E-state index contributed by atoms with van der Waals surface area (Å²) in [6.45, 7) is 6.14. The maximum absolute atomic E-state index is 12.8. The molecule has 0 N–H and O–H groups in total. The molecule has 3 aliphatic rings. The van der Waals surface area contributed by atoms with Gasteiger partial charge in [-0.1, -0.05) is 0 Å². The van der Waals surface area contributed by atoms with E-state index in [1.54, 1.807) is 33.4 Å². The number of carbonyl (C=O) groups excluding carboxylic acids is 3. The van der Waals surface area contributed by atoms with Gasteiger partial charge in [0.1, 0.15) is 6.04 Å². The molecule has 3 rings (SSSR count). The average Bonchev–Trinajstić information content (AvgIpc) is 3.04. The van der Waals surface area contributed by atoms with Gasteiger partial charge in [-0.25, -0.2) is 4.79 Å². The Morgan fingerprint density at radius 1 is 1.26 bits per heavy atom. The van der Waals surface area contributed by atoms with Gasteiger partial charge in [0.15, 0.2) is 0 Å². The molecular formula is C15H23N3O4S. The van der Waals surface area contributed by atoms with Crippen LogP contribution in [-0.4, -0.2) is 82.1 Å². The quantitative estimate of drug-likeness (QED) is 0.741. The SMILES string of the molecule is CCOC(=O)N1CCN(C(=O)[C@H]2CS[C@]3(C)CCC(=O)N23)CC1. The van der Waals surface area contributed by atoms with Crippen LogP contribution in [-0.2, 0) is 14.3 Å². The van der Waals surface area contributed by atoms with E-state index < -0.39 is 0 Å². The van der Waals surface area contributed by atoms with Gasteiger partial charge >= 0.3 is 6.09 Å². The lowest BCUT2D eigenvalue weighted by Crippen LogP contribution is -2.56. The van der Waals surface area contributed by atoms with E-state index in [0.717, 1.165) is 6.42 Å². The van der Waals surface area contributed by atoms with Gasteiger partial charge in [-0.2, -0.15) is 0 Å². The van der Waals surface area contributed by atoms with Crippen molar-refractivity contribution in [2.45, 2.75) is 37.6 Å². The van der Waals surface area contributed by atoms with Crippen molar-refractivity contribution in [3.63, 3.8) is 0 Å². The number of hydrogen-bond acceptors (Lipinski definition) is 5. The molecule has 0 spiro atoms. The predicted molar refractivity (Wildman–Crippen MR) is 85.9 cm³/mol. The van der Waals surface area contributed by atoms with Crippen molar-refractivity contribution in [1.29, 1.82) is 0 Å². The van der Waals surface area contributed by atoms with E-state index >= 15 is 0 Å². The van der Waals surface area contributed by atoms with Crippen LogP contribution >= 0.6 is 11.8 Å². The van der Waals surface area contributed by atoms with Crippen LogP contribution < -0.4 is 0 Å². The van der Waals surface area contributed by atoms with Crippen LogP contribution in [0.2, 0.25) is 0 Å². The Kier molecular flexibility index (Phi) is 4.44. The fourth-order valence-corrected chi connectivity index (χ4v) is 4.96. The van der Waals surface area contributed by atoms with Crippen molar-refractivity contribution >= 4 is 29.7 Å². The first kappa shape index (κ1) is 16.4. The van der Waals surface area contributed by atoms with E-state index in [1.807, 2.05) is 0 Å². The topological polar surface area (TPSA) is 70.2 Å². The largest absolute Gasteiger partial charge is 0.450 e. The van der Waals surface area contributed by atoms with Crippen molar-refractivity contribution in [3.05, 3.63) is 0 Å². The van der Waals surface area contributed by atoms with Gasteiger partial charge in [0.05, 0.1) is 11.5 Å². The van der Waals surface area contributed by atoms with E-state index in [1.165, 1.54) is 0 Å². The van der Waals surface area contributed by atoms with E-state index in [2.05, 4.69) is 6.92 Å². The second kappa shape index (κ2) is 6.22. The number of ether oxygens (including phenoxy) is 1. The second-order valence-corrected chi connectivity index (χ2v) is 7.78. The third kappa shape index (κ3) is 2.88. The molecule has 128 valence electrons. The summed E-state index contributed by atoms with van der Waals surface area (Å²) in [7, 11) is 0. The summed E-state index contributed by atoms with van der Waals surface area (Å²) in [4.78, 5) is 41.6. The molecule has 0 radical (unpaired) electrons. The van der Waals surface area contributed by atoms with Crippen LogP contribution in [0.4, 0.5) is 4.79 Å². The highest BCUT2D eigenvalue weighted by atomic mass is 32.2. The van der Waals surface area contributed by atoms with Crippen LogP contribution in [0.3, 0.4) is 0 Å². The summed E-state index contributed by atoms with van der Waals surface area (Å²) < 4.78 is 4.99. The highest BCUT2D eigenvalue weighted by Gasteiger charge is 2.53. The van der Waals surface area contributed by atoms with Gasteiger partial charge in [0.25, 0.3) is 0 Å². The lowest BCUT2D eigenvalue weighted by atomic mass is 10.2. The highest BCUT2D eigenvalue weighted by molar-refractivity contribution is 8.01. The van der Waals surface area contributed by atoms with Gasteiger partial charge in [-0.15, -0.1) is 11.8 Å². The van der Waals surface area contributed by atoms with E-state index in [4.69, 9.17) is 4.74 Å². The lowest BCUT2D eigenvalue weighted by molar-refractivity contribution is -0.144. The molecule has 3 aliphatic heterocycles. The Bertz CT molecular complexity index is 521. The molecule has 3 saturated heterocycles. The van der Waals surface area contributed by atoms with Gasteiger partial charge < -0.3 is 19.4 Å². The molecule has 8 heteroatoms. The lowest BCUT2D eigenvalue weighted by Gasteiger charge is -2.37. The molecule has 3 fully saturated rings. The first-order chi connectivity index (χ1) is 11.0. The molecule has 23 heavy (non-hydrogen) atoms. The van der Waals surface area contributed by atoms with Crippen LogP contribution in [0.5, 0.6) is 0 Å². The number of fused-ring (bicyclic) bond motifs is 1. The fourth-order valence-electron chi connectivity index (χ4n) is 3.54. The van der Waals surface area contributed by atoms with E-state index in [9.17, 15) is 14.4 Å². The zero-order chi connectivity index (χ0) is 16.6. The number of piperazine rings is 1. The van der Waals surface area contributed by atoms with Crippen LogP contribution in [0.15, 0.2) is 0 Å². The maximum atomic E-state index is 12.8. The molecule has 0 saturated carbocycles.